The van der Waals surface area contributed by atoms with Crippen LogP contribution in [-0.4, -0.2) is 44.5 Å². The van der Waals surface area contributed by atoms with Crippen molar-refractivity contribution in [3.05, 3.63) is 23.3 Å². The van der Waals surface area contributed by atoms with E-state index in [1.165, 1.54) is 6.20 Å². The van der Waals surface area contributed by atoms with Gasteiger partial charge in [0.25, 0.3) is 11.8 Å². The van der Waals surface area contributed by atoms with Gasteiger partial charge in [-0.3, -0.25) is 29.4 Å². The number of rotatable bonds is 2. The van der Waals surface area contributed by atoms with Gasteiger partial charge >= 0.3 is 0 Å². The quantitative estimate of drug-likeness (QED) is 0.770. The summed E-state index contributed by atoms with van der Waals surface area (Å²) in [7, 11) is 0. The summed E-state index contributed by atoms with van der Waals surface area (Å²) in [6, 6.07) is -0.977. The first-order valence-electron chi connectivity index (χ1n) is 6.98. The summed E-state index contributed by atoms with van der Waals surface area (Å²) in [6.45, 7) is 3.75. The molecule has 1 saturated heterocycles. The molecule has 1 unspecified atom stereocenters. The van der Waals surface area contributed by atoms with Crippen molar-refractivity contribution in [2.75, 3.05) is 0 Å². The van der Waals surface area contributed by atoms with E-state index < -0.39 is 29.7 Å². The highest BCUT2D eigenvalue weighted by atomic mass is 16.2. The molecule has 1 aromatic rings. The van der Waals surface area contributed by atoms with Crippen LogP contribution in [0.2, 0.25) is 0 Å². The van der Waals surface area contributed by atoms with Gasteiger partial charge in [-0.15, -0.1) is 0 Å². The van der Waals surface area contributed by atoms with Crippen LogP contribution in [0.25, 0.3) is 0 Å². The number of nitrogens with one attached hydrogen (secondary N) is 1. The van der Waals surface area contributed by atoms with Crippen LogP contribution in [0.15, 0.2) is 6.20 Å². The Morgan fingerprint density at radius 3 is 2.59 bits per heavy atom. The standard InChI is InChI=1S/C14H14N4O4/c1-6(2)11-15-5-7-10(17-11)14(22)18(13(7)21)8-3-4-9(19)16-12(8)20/h5-6,8H,3-4H2,1-2H3,(H,16,19,20). The number of imide groups is 2. The minimum atomic E-state index is -0.977. The smallest absolute Gasteiger partial charge is 0.281 e. The molecule has 3 heterocycles. The van der Waals surface area contributed by atoms with Crippen molar-refractivity contribution in [2.45, 2.75) is 38.6 Å². The molecule has 1 atom stereocenters. The zero-order valence-corrected chi connectivity index (χ0v) is 12.1. The van der Waals surface area contributed by atoms with Gasteiger partial charge in [0.2, 0.25) is 11.8 Å². The second-order valence-corrected chi connectivity index (χ2v) is 5.59. The molecule has 8 heteroatoms. The number of aromatic nitrogens is 2. The van der Waals surface area contributed by atoms with E-state index in [0.29, 0.717) is 5.82 Å². The van der Waals surface area contributed by atoms with E-state index in [9.17, 15) is 19.2 Å². The van der Waals surface area contributed by atoms with Crippen LogP contribution in [0, 0.1) is 0 Å². The fraction of sp³-hybridized carbons (Fsp3) is 0.429. The molecule has 22 heavy (non-hydrogen) atoms. The summed E-state index contributed by atoms with van der Waals surface area (Å²) in [5.74, 6) is -1.77. The molecule has 114 valence electrons. The van der Waals surface area contributed by atoms with Gasteiger partial charge in [-0.25, -0.2) is 9.97 Å². The van der Waals surface area contributed by atoms with E-state index in [4.69, 9.17) is 0 Å². The molecule has 2 aliphatic heterocycles. The van der Waals surface area contributed by atoms with Crippen LogP contribution in [-0.2, 0) is 9.59 Å². The monoisotopic (exact) mass is 302 g/mol. The molecule has 0 aliphatic carbocycles. The van der Waals surface area contributed by atoms with Gasteiger partial charge in [-0.05, 0) is 6.42 Å². The molecular weight excluding hydrogens is 288 g/mol. The van der Waals surface area contributed by atoms with E-state index in [1.54, 1.807) is 0 Å². The molecule has 0 spiro atoms. The lowest BCUT2D eigenvalue weighted by molar-refractivity contribution is -0.136. The van der Waals surface area contributed by atoms with Gasteiger partial charge in [0, 0.05) is 18.5 Å². The van der Waals surface area contributed by atoms with E-state index >= 15 is 0 Å². The molecule has 0 aromatic carbocycles. The van der Waals surface area contributed by atoms with Crippen LogP contribution in [0.5, 0.6) is 0 Å². The first kappa shape index (κ1) is 14.3. The third-order valence-corrected chi connectivity index (χ3v) is 3.72. The van der Waals surface area contributed by atoms with Gasteiger partial charge in [-0.1, -0.05) is 13.8 Å². The number of carbonyl (C=O) groups is 4. The number of nitrogens with zero attached hydrogens (tertiary/aromatic N) is 3. The maximum absolute atomic E-state index is 12.5. The van der Waals surface area contributed by atoms with Crippen LogP contribution < -0.4 is 5.32 Å². The van der Waals surface area contributed by atoms with Crippen LogP contribution in [0.3, 0.4) is 0 Å². The Balaban J connectivity index is 1.96. The Bertz CT molecular complexity index is 713. The Hall–Kier alpha value is -2.64. The highest BCUT2D eigenvalue weighted by Crippen LogP contribution is 2.26. The largest absolute Gasteiger partial charge is 0.295 e. The zero-order chi connectivity index (χ0) is 16.0. The third-order valence-electron chi connectivity index (χ3n) is 3.72. The number of hydrogen-bond donors (Lipinski definition) is 1. The van der Waals surface area contributed by atoms with Crippen molar-refractivity contribution in [1.82, 2.24) is 20.2 Å². The molecular formula is C14H14N4O4. The molecule has 2 aliphatic rings. The molecule has 1 aromatic heterocycles. The number of carbonyl (C=O) groups excluding carboxylic acids is 4. The summed E-state index contributed by atoms with van der Waals surface area (Å²) < 4.78 is 0. The fourth-order valence-electron chi connectivity index (χ4n) is 2.54. The van der Waals surface area contributed by atoms with Crippen molar-refractivity contribution < 1.29 is 19.2 Å². The molecule has 4 amide bonds. The third kappa shape index (κ3) is 2.07. The molecule has 8 nitrogen and oxygen atoms in total. The van der Waals surface area contributed by atoms with Crippen LogP contribution >= 0.6 is 0 Å². The highest BCUT2D eigenvalue weighted by molar-refractivity contribution is 6.22. The Kier molecular flexibility index (Phi) is 3.23. The Labute approximate surface area is 125 Å². The zero-order valence-electron chi connectivity index (χ0n) is 12.1. The lowest BCUT2D eigenvalue weighted by Crippen LogP contribution is -2.54. The minimum Gasteiger partial charge on any atom is -0.295 e. The summed E-state index contributed by atoms with van der Waals surface area (Å²) in [5, 5.41) is 2.14. The summed E-state index contributed by atoms with van der Waals surface area (Å²) in [4.78, 5) is 57.0. The first-order valence-corrected chi connectivity index (χ1v) is 6.98. The lowest BCUT2D eigenvalue weighted by atomic mass is 10.0. The summed E-state index contributed by atoms with van der Waals surface area (Å²) >= 11 is 0. The second-order valence-electron chi connectivity index (χ2n) is 5.59. The molecule has 1 fully saturated rings. The predicted molar refractivity (Wildman–Crippen MR) is 72.8 cm³/mol. The Morgan fingerprint density at radius 1 is 1.23 bits per heavy atom. The second kappa shape index (κ2) is 4.97. The van der Waals surface area contributed by atoms with E-state index in [2.05, 4.69) is 15.3 Å². The minimum absolute atomic E-state index is 0.0119. The van der Waals surface area contributed by atoms with Gasteiger partial charge in [-0.2, -0.15) is 0 Å². The van der Waals surface area contributed by atoms with E-state index in [1.807, 2.05) is 13.8 Å². The molecule has 3 rings (SSSR count). The number of piperidine rings is 1. The van der Waals surface area contributed by atoms with Gasteiger partial charge in [0.15, 0.2) is 0 Å². The van der Waals surface area contributed by atoms with Crippen molar-refractivity contribution in [3.63, 3.8) is 0 Å². The van der Waals surface area contributed by atoms with E-state index in [0.717, 1.165) is 4.90 Å². The normalized spacial score (nSPS) is 21.4. The highest BCUT2D eigenvalue weighted by Gasteiger charge is 2.45. The number of amides is 4. The van der Waals surface area contributed by atoms with Gasteiger partial charge < -0.3 is 0 Å². The first-order chi connectivity index (χ1) is 10.4. The van der Waals surface area contributed by atoms with E-state index in [-0.39, 0.29) is 30.0 Å². The van der Waals surface area contributed by atoms with Crippen LogP contribution in [0.1, 0.15) is 59.3 Å². The van der Waals surface area contributed by atoms with Gasteiger partial charge in [0.1, 0.15) is 17.6 Å². The lowest BCUT2D eigenvalue weighted by Gasteiger charge is -2.27. The van der Waals surface area contributed by atoms with Crippen molar-refractivity contribution in [3.8, 4) is 0 Å². The number of hydrogen-bond acceptors (Lipinski definition) is 6. The molecule has 0 radical (unpaired) electrons. The average Bonchev–Trinajstić information content (AvgIpc) is 2.71. The summed E-state index contributed by atoms with van der Waals surface area (Å²) in [5.41, 5.74) is 0.118. The fourth-order valence-corrected chi connectivity index (χ4v) is 2.54. The number of fused-ring (bicyclic) bond motifs is 1. The maximum Gasteiger partial charge on any atom is 0.281 e. The van der Waals surface area contributed by atoms with Crippen molar-refractivity contribution in [2.24, 2.45) is 0 Å². The molecule has 1 N–H and O–H groups in total. The van der Waals surface area contributed by atoms with Crippen molar-refractivity contribution in [1.29, 1.82) is 0 Å². The topological polar surface area (TPSA) is 109 Å². The van der Waals surface area contributed by atoms with Crippen LogP contribution in [0.4, 0.5) is 0 Å². The average molecular weight is 302 g/mol. The van der Waals surface area contributed by atoms with Crippen molar-refractivity contribution >= 4 is 23.6 Å². The molecule has 0 bridgehead atoms. The Morgan fingerprint density at radius 2 is 1.95 bits per heavy atom. The predicted octanol–water partition coefficient (Wildman–Crippen LogP) is 0.00120. The SMILES string of the molecule is CC(C)c1ncc2c(n1)C(=O)N(C1CCC(=O)NC1=O)C2=O. The molecule has 0 saturated carbocycles. The maximum atomic E-state index is 12.5. The van der Waals surface area contributed by atoms with Gasteiger partial charge in [0.05, 0.1) is 5.56 Å². The summed E-state index contributed by atoms with van der Waals surface area (Å²) in [6.07, 6.45) is 1.54.